The van der Waals surface area contributed by atoms with Crippen molar-refractivity contribution in [1.82, 2.24) is 0 Å². The van der Waals surface area contributed by atoms with E-state index >= 15 is 0 Å². The highest BCUT2D eigenvalue weighted by molar-refractivity contribution is 6.30. The van der Waals surface area contributed by atoms with Crippen molar-refractivity contribution in [1.29, 1.82) is 0 Å². The molecule has 0 spiro atoms. The number of ether oxygens (including phenoxy) is 1. The quantitative estimate of drug-likeness (QED) is 0.662. The van der Waals surface area contributed by atoms with Gasteiger partial charge in [0.25, 0.3) is 0 Å². The van der Waals surface area contributed by atoms with Crippen LogP contribution >= 0.6 is 11.6 Å². The van der Waals surface area contributed by atoms with Crippen molar-refractivity contribution in [2.24, 2.45) is 0 Å². The van der Waals surface area contributed by atoms with Crippen molar-refractivity contribution >= 4 is 11.6 Å². The summed E-state index contributed by atoms with van der Waals surface area (Å²) in [5.41, 5.74) is 1.09. The molecule has 0 saturated carbocycles. The Morgan fingerprint density at radius 2 is 2.18 bits per heavy atom. The molecule has 1 aromatic rings. The van der Waals surface area contributed by atoms with E-state index in [0.717, 1.165) is 17.7 Å². The summed E-state index contributed by atoms with van der Waals surface area (Å²) in [6, 6.07) is 5.59. The zero-order valence-corrected chi connectivity index (χ0v) is 7.19. The molecule has 1 rings (SSSR count). The number of hydrogen-bond acceptors (Lipinski definition) is 1. The van der Waals surface area contributed by atoms with E-state index in [1.807, 2.05) is 12.1 Å². The number of halogens is 1. The normalized spacial score (nSPS) is 9.73. The van der Waals surface area contributed by atoms with Gasteiger partial charge >= 0.3 is 0 Å². The van der Waals surface area contributed by atoms with Gasteiger partial charge in [0, 0.05) is 5.02 Å². The van der Waals surface area contributed by atoms with E-state index in [4.69, 9.17) is 16.3 Å². The maximum absolute atomic E-state index is 5.80. The van der Waals surface area contributed by atoms with Crippen molar-refractivity contribution in [3.63, 3.8) is 0 Å². The monoisotopic (exact) mass is 169 g/mol. The largest absolute Gasteiger partial charge is 0.497 e. The minimum atomic E-state index is 0.697. The molecule has 59 valence electrons. The molecule has 1 radical (unpaired) electrons. The van der Waals surface area contributed by atoms with E-state index < -0.39 is 0 Å². The highest BCUT2D eigenvalue weighted by atomic mass is 35.5. The predicted molar refractivity (Wildman–Crippen MR) is 47.1 cm³/mol. The fourth-order valence-electron chi connectivity index (χ4n) is 0.883. The summed E-state index contributed by atoms with van der Waals surface area (Å²) >= 11 is 5.80. The summed E-state index contributed by atoms with van der Waals surface area (Å²) in [6.07, 6.45) is 0.733. The lowest BCUT2D eigenvalue weighted by atomic mass is 10.2. The van der Waals surface area contributed by atoms with E-state index in [-0.39, 0.29) is 0 Å². The molecule has 0 aliphatic heterocycles. The van der Waals surface area contributed by atoms with Crippen LogP contribution in [-0.4, -0.2) is 7.11 Å². The van der Waals surface area contributed by atoms with Crippen LogP contribution in [0.3, 0.4) is 0 Å². The first-order valence-electron chi connectivity index (χ1n) is 3.39. The van der Waals surface area contributed by atoms with Crippen LogP contribution in [0.25, 0.3) is 0 Å². The lowest BCUT2D eigenvalue weighted by Gasteiger charge is -2.02. The van der Waals surface area contributed by atoms with Crippen LogP contribution in [0.15, 0.2) is 18.2 Å². The van der Waals surface area contributed by atoms with Crippen LogP contribution in [-0.2, 0) is 6.42 Å². The Morgan fingerprint density at radius 1 is 1.45 bits per heavy atom. The molecular formula is C9H10ClO. The summed E-state index contributed by atoms with van der Waals surface area (Å²) in [7, 11) is 1.62. The van der Waals surface area contributed by atoms with Gasteiger partial charge in [0.2, 0.25) is 0 Å². The molecule has 0 aromatic heterocycles. The Bertz CT molecular complexity index is 223. The Morgan fingerprint density at radius 3 is 2.73 bits per heavy atom. The van der Waals surface area contributed by atoms with Gasteiger partial charge in [-0.3, -0.25) is 0 Å². The third kappa shape index (κ3) is 2.12. The molecule has 1 aromatic carbocycles. The molecule has 0 heterocycles. The number of benzene rings is 1. The minimum Gasteiger partial charge on any atom is -0.497 e. The van der Waals surface area contributed by atoms with Gasteiger partial charge in [0.1, 0.15) is 5.75 Å². The fourth-order valence-corrected chi connectivity index (χ4v) is 1.13. The van der Waals surface area contributed by atoms with Gasteiger partial charge in [0.05, 0.1) is 7.11 Å². The third-order valence-electron chi connectivity index (χ3n) is 1.46. The highest BCUT2D eigenvalue weighted by Gasteiger charge is 1.96. The molecule has 0 saturated heterocycles. The molecule has 0 aliphatic rings. The molecular weight excluding hydrogens is 160 g/mol. The van der Waals surface area contributed by atoms with E-state index in [1.165, 1.54) is 0 Å². The highest BCUT2D eigenvalue weighted by Crippen LogP contribution is 2.20. The van der Waals surface area contributed by atoms with Gasteiger partial charge in [-0.05, 0) is 37.1 Å². The van der Waals surface area contributed by atoms with Gasteiger partial charge < -0.3 is 4.74 Å². The topological polar surface area (TPSA) is 9.23 Å². The van der Waals surface area contributed by atoms with Crippen molar-refractivity contribution in [3.05, 3.63) is 35.7 Å². The van der Waals surface area contributed by atoms with E-state index in [2.05, 4.69) is 6.92 Å². The third-order valence-corrected chi connectivity index (χ3v) is 1.67. The lowest BCUT2D eigenvalue weighted by molar-refractivity contribution is 0.414. The molecule has 0 unspecified atom stereocenters. The van der Waals surface area contributed by atoms with Gasteiger partial charge in [0.15, 0.2) is 0 Å². The van der Waals surface area contributed by atoms with E-state index in [0.29, 0.717) is 5.02 Å². The van der Waals surface area contributed by atoms with Crippen molar-refractivity contribution < 1.29 is 4.74 Å². The van der Waals surface area contributed by atoms with Crippen molar-refractivity contribution in [2.45, 2.75) is 6.42 Å². The summed E-state index contributed by atoms with van der Waals surface area (Å²) in [6.45, 7) is 3.76. The maximum atomic E-state index is 5.80. The van der Waals surface area contributed by atoms with Gasteiger partial charge in [-0.2, -0.15) is 0 Å². The molecule has 0 N–H and O–H groups in total. The SMILES string of the molecule is [CH2]Cc1cc(Cl)cc(OC)c1. The Labute approximate surface area is 71.9 Å². The van der Waals surface area contributed by atoms with Crippen molar-refractivity contribution in [2.75, 3.05) is 7.11 Å². The first kappa shape index (κ1) is 8.41. The van der Waals surface area contributed by atoms with E-state index in [9.17, 15) is 0 Å². The molecule has 1 nitrogen and oxygen atoms in total. The molecule has 0 amide bonds. The minimum absolute atomic E-state index is 0.697. The lowest BCUT2D eigenvalue weighted by Crippen LogP contribution is -1.85. The second kappa shape index (κ2) is 3.63. The maximum Gasteiger partial charge on any atom is 0.120 e. The molecule has 0 atom stereocenters. The smallest absolute Gasteiger partial charge is 0.120 e. The van der Waals surface area contributed by atoms with E-state index in [1.54, 1.807) is 13.2 Å². The number of rotatable bonds is 2. The first-order chi connectivity index (χ1) is 5.26. The summed E-state index contributed by atoms with van der Waals surface area (Å²) in [4.78, 5) is 0. The van der Waals surface area contributed by atoms with Crippen LogP contribution < -0.4 is 4.74 Å². The summed E-state index contributed by atoms with van der Waals surface area (Å²) < 4.78 is 5.03. The van der Waals surface area contributed by atoms with Gasteiger partial charge in [-0.15, -0.1) is 0 Å². The molecule has 0 bridgehead atoms. The second-order valence-corrected chi connectivity index (χ2v) is 2.69. The van der Waals surface area contributed by atoms with Crippen LogP contribution in [0.4, 0.5) is 0 Å². The zero-order valence-electron chi connectivity index (χ0n) is 6.43. The fraction of sp³-hybridized carbons (Fsp3) is 0.222. The Kier molecular flexibility index (Phi) is 2.77. The first-order valence-corrected chi connectivity index (χ1v) is 3.76. The second-order valence-electron chi connectivity index (χ2n) is 2.25. The van der Waals surface area contributed by atoms with Crippen LogP contribution in [0.1, 0.15) is 5.56 Å². The Hall–Kier alpha value is -0.690. The zero-order chi connectivity index (χ0) is 8.27. The van der Waals surface area contributed by atoms with Gasteiger partial charge in [-0.1, -0.05) is 11.6 Å². The van der Waals surface area contributed by atoms with Gasteiger partial charge in [-0.25, -0.2) is 0 Å². The average Bonchev–Trinajstić information content (AvgIpc) is 2.03. The Balaban J connectivity index is 3.02. The number of hydrogen-bond donors (Lipinski definition) is 0. The molecule has 0 fully saturated rings. The standard InChI is InChI=1S/C9H10ClO/c1-3-7-4-8(10)6-9(5-7)11-2/h4-6H,1,3H2,2H3. The van der Waals surface area contributed by atoms with Crippen LogP contribution in [0.2, 0.25) is 5.02 Å². The number of methoxy groups -OCH3 is 1. The molecule has 11 heavy (non-hydrogen) atoms. The molecule has 2 heteroatoms. The average molecular weight is 170 g/mol. The van der Waals surface area contributed by atoms with Crippen LogP contribution in [0.5, 0.6) is 5.75 Å². The summed E-state index contributed by atoms with van der Waals surface area (Å²) in [5, 5.41) is 0.697. The van der Waals surface area contributed by atoms with Crippen molar-refractivity contribution in [3.8, 4) is 5.75 Å². The molecule has 0 aliphatic carbocycles. The van der Waals surface area contributed by atoms with Crippen LogP contribution in [0, 0.1) is 6.92 Å². The summed E-state index contributed by atoms with van der Waals surface area (Å²) in [5.74, 6) is 0.788. The predicted octanol–water partition coefficient (Wildman–Crippen LogP) is 2.73.